The topological polar surface area (TPSA) is 59.3 Å². The summed E-state index contributed by atoms with van der Waals surface area (Å²) >= 11 is 0. The Morgan fingerprint density at radius 1 is 1.05 bits per heavy atom. The monoisotopic (exact) mass is 279 g/mol. The van der Waals surface area contributed by atoms with Crippen molar-refractivity contribution in [3.8, 4) is 0 Å². The second-order valence-corrected chi connectivity index (χ2v) is 4.81. The Bertz CT molecular complexity index is 866. The SMILES string of the molecule is Cc1ccc2cc(C(=O)Nc3ccccc3)c(=O)oc2c1. The number of benzene rings is 2. The van der Waals surface area contributed by atoms with E-state index in [9.17, 15) is 9.59 Å². The lowest BCUT2D eigenvalue weighted by molar-refractivity contribution is 0.102. The molecule has 4 nitrogen and oxygen atoms in total. The van der Waals surface area contributed by atoms with Gasteiger partial charge in [0.1, 0.15) is 11.1 Å². The number of hydrogen-bond donors (Lipinski definition) is 1. The predicted molar refractivity (Wildman–Crippen MR) is 81.6 cm³/mol. The van der Waals surface area contributed by atoms with E-state index in [2.05, 4.69) is 5.32 Å². The highest BCUT2D eigenvalue weighted by Gasteiger charge is 2.13. The van der Waals surface area contributed by atoms with Gasteiger partial charge in [-0.1, -0.05) is 30.3 Å². The fraction of sp³-hybridized carbons (Fsp3) is 0.0588. The van der Waals surface area contributed by atoms with E-state index in [4.69, 9.17) is 4.42 Å². The first-order chi connectivity index (χ1) is 10.1. The molecule has 1 N–H and O–H groups in total. The molecule has 0 saturated carbocycles. The highest BCUT2D eigenvalue weighted by Crippen LogP contribution is 2.16. The molecule has 0 aliphatic heterocycles. The van der Waals surface area contributed by atoms with Gasteiger partial charge in [-0.3, -0.25) is 4.79 Å². The first-order valence-electron chi connectivity index (χ1n) is 6.54. The molecule has 3 aromatic rings. The summed E-state index contributed by atoms with van der Waals surface area (Å²) in [7, 11) is 0. The Morgan fingerprint density at radius 2 is 1.81 bits per heavy atom. The van der Waals surface area contributed by atoms with Crippen LogP contribution in [0.25, 0.3) is 11.0 Å². The van der Waals surface area contributed by atoms with Crippen LogP contribution < -0.4 is 10.9 Å². The zero-order valence-electron chi connectivity index (χ0n) is 11.4. The van der Waals surface area contributed by atoms with Crippen molar-refractivity contribution < 1.29 is 9.21 Å². The third-order valence-corrected chi connectivity index (χ3v) is 3.17. The molecule has 0 aliphatic rings. The highest BCUT2D eigenvalue weighted by atomic mass is 16.4. The van der Waals surface area contributed by atoms with Gasteiger partial charge in [-0.25, -0.2) is 4.79 Å². The van der Waals surface area contributed by atoms with E-state index in [1.165, 1.54) is 0 Å². The van der Waals surface area contributed by atoms with Crippen LogP contribution in [-0.2, 0) is 0 Å². The Balaban J connectivity index is 2.00. The summed E-state index contributed by atoms with van der Waals surface area (Å²) in [5.41, 5.74) is 1.46. The van der Waals surface area contributed by atoms with Gasteiger partial charge >= 0.3 is 5.63 Å². The van der Waals surface area contributed by atoms with Crippen LogP contribution in [0.3, 0.4) is 0 Å². The summed E-state index contributed by atoms with van der Waals surface area (Å²) in [5.74, 6) is -0.475. The lowest BCUT2D eigenvalue weighted by Gasteiger charge is -2.05. The molecule has 1 amide bonds. The van der Waals surface area contributed by atoms with Gasteiger partial charge in [0.15, 0.2) is 0 Å². The minimum Gasteiger partial charge on any atom is -0.422 e. The zero-order chi connectivity index (χ0) is 14.8. The molecular weight excluding hydrogens is 266 g/mol. The third kappa shape index (κ3) is 2.69. The number of carbonyl (C=O) groups is 1. The molecule has 0 fully saturated rings. The van der Waals surface area contributed by atoms with Crippen molar-refractivity contribution in [2.45, 2.75) is 6.92 Å². The van der Waals surface area contributed by atoms with Crippen molar-refractivity contribution in [3.05, 3.63) is 76.1 Å². The molecule has 0 atom stereocenters. The number of fused-ring (bicyclic) bond motifs is 1. The number of anilines is 1. The van der Waals surface area contributed by atoms with Crippen LogP contribution >= 0.6 is 0 Å². The molecule has 21 heavy (non-hydrogen) atoms. The van der Waals surface area contributed by atoms with Crippen molar-refractivity contribution >= 4 is 22.6 Å². The van der Waals surface area contributed by atoms with Crippen molar-refractivity contribution in [2.24, 2.45) is 0 Å². The smallest absolute Gasteiger partial charge is 0.349 e. The second kappa shape index (κ2) is 5.25. The fourth-order valence-electron chi connectivity index (χ4n) is 2.10. The molecule has 0 radical (unpaired) electrons. The van der Waals surface area contributed by atoms with E-state index < -0.39 is 11.5 Å². The van der Waals surface area contributed by atoms with Gasteiger partial charge in [-0.2, -0.15) is 0 Å². The summed E-state index contributed by atoms with van der Waals surface area (Å²) < 4.78 is 5.22. The van der Waals surface area contributed by atoms with Crippen molar-refractivity contribution in [2.75, 3.05) is 5.32 Å². The molecule has 0 unspecified atom stereocenters. The van der Waals surface area contributed by atoms with Gasteiger partial charge in [0.25, 0.3) is 5.91 Å². The van der Waals surface area contributed by atoms with Gasteiger partial charge in [0, 0.05) is 11.1 Å². The molecule has 0 aliphatic carbocycles. The average molecular weight is 279 g/mol. The van der Waals surface area contributed by atoms with Gasteiger partial charge in [-0.15, -0.1) is 0 Å². The minimum absolute atomic E-state index is 0.00444. The van der Waals surface area contributed by atoms with Crippen LogP contribution in [0.2, 0.25) is 0 Å². The number of carbonyl (C=O) groups excluding carboxylic acids is 1. The Hall–Kier alpha value is -2.88. The molecule has 2 aromatic carbocycles. The Morgan fingerprint density at radius 3 is 2.57 bits per heavy atom. The normalized spacial score (nSPS) is 10.5. The van der Waals surface area contributed by atoms with Crippen LogP contribution in [-0.4, -0.2) is 5.91 Å². The average Bonchev–Trinajstić information content (AvgIpc) is 2.47. The first-order valence-corrected chi connectivity index (χ1v) is 6.54. The first kappa shape index (κ1) is 13.1. The van der Waals surface area contributed by atoms with Crippen LogP contribution in [0.15, 0.2) is 63.8 Å². The zero-order valence-corrected chi connectivity index (χ0v) is 11.4. The van der Waals surface area contributed by atoms with E-state index in [-0.39, 0.29) is 5.56 Å². The Labute approximate surface area is 121 Å². The number of hydrogen-bond acceptors (Lipinski definition) is 3. The molecule has 1 heterocycles. The largest absolute Gasteiger partial charge is 0.422 e. The molecule has 0 bridgehead atoms. The maximum atomic E-state index is 12.2. The lowest BCUT2D eigenvalue weighted by atomic mass is 10.1. The van der Waals surface area contributed by atoms with E-state index in [0.717, 1.165) is 10.9 Å². The second-order valence-electron chi connectivity index (χ2n) is 4.81. The van der Waals surface area contributed by atoms with Gasteiger partial charge in [-0.05, 0) is 36.8 Å². The summed E-state index contributed by atoms with van der Waals surface area (Å²) in [4.78, 5) is 24.1. The number of amides is 1. The summed E-state index contributed by atoms with van der Waals surface area (Å²) in [5, 5.41) is 3.40. The molecule has 104 valence electrons. The van der Waals surface area contributed by atoms with Crippen molar-refractivity contribution in [3.63, 3.8) is 0 Å². The van der Waals surface area contributed by atoms with Crippen molar-refractivity contribution in [1.29, 1.82) is 0 Å². The van der Waals surface area contributed by atoms with E-state index >= 15 is 0 Å². The number of aryl methyl sites for hydroxylation is 1. The molecular formula is C17H13NO3. The van der Waals surface area contributed by atoms with Crippen LogP contribution in [0, 0.1) is 6.92 Å². The Kier molecular flexibility index (Phi) is 3.28. The number of nitrogens with one attached hydrogen (secondary N) is 1. The van der Waals surface area contributed by atoms with Crippen LogP contribution in [0.4, 0.5) is 5.69 Å². The molecule has 4 heteroatoms. The standard InChI is InChI=1S/C17H13NO3/c1-11-7-8-12-10-14(17(20)21-15(12)9-11)16(19)18-13-5-3-2-4-6-13/h2-10H,1H3,(H,18,19). The molecule has 1 aromatic heterocycles. The number of para-hydroxylation sites is 1. The van der Waals surface area contributed by atoms with Crippen molar-refractivity contribution in [1.82, 2.24) is 0 Å². The van der Waals surface area contributed by atoms with Crippen LogP contribution in [0.1, 0.15) is 15.9 Å². The molecule has 0 saturated heterocycles. The summed E-state index contributed by atoms with van der Waals surface area (Å²) in [6.07, 6.45) is 0. The molecule has 3 rings (SSSR count). The van der Waals surface area contributed by atoms with E-state index in [1.807, 2.05) is 25.1 Å². The maximum absolute atomic E-state index is 12.2. The summed E-state index contributed by atoms with van der Waals surface area (Å²) in [6.45, 7) is 1.91. The predicted octanol–water partition coefficient (Wildman–Crippen LogP) is 3.35. The van der Waals surface area contributed by atoms with Gasteiger partial charge < -0.3 is 9.73 Å². The fourth-order valence-corrected chi connectivity index (χ4v) is 2.10. The van der Waals surface area contributed by atoms with Crippen LogP contribution in [0.5, 0.6) is 0 Å². The maximum Gasteiger partial charge on any atom is 0.349 e. The lowest BCUT2D eigenvalue weighted by Crippen LogP contribution is -2.20. The van der Waals surface area contributed by atoms with Gasteiger partial charge in [0.05, 0.1) is 0 Å². The number of rotatable bonds is 2. The minimum atomic E-state index is -0.637. The van der Waals surface area contributed by atoms with Gasteiger partial charge in [0.2, 0.25) is 0 Å². The highest BCUT2D eigenvalue weighted by molar-refractivity contribution is 6.05. The summed E-state index contributed by atoms with van der Waals surface area (Å²) in [6, 6.07) is 16.0. The third-order valence-electron chi connectivity index (χ3n) is 3.17. The van der Waals surface area contributed by atoms with E-state index in [1.54, 1.807) is 36.4 Å². The molecule has 0 spiro atoms. The quantitative estimate of drug-likeness (QED) is 0.732. The van der Waals surface area contributed by atoms with E-state index in [0.29, 0.717) is 11.3 Å².